The first-order valence-electron chi connectivity index (χ1n) is 14.7. The van der Waals surface area contributed by atoms with Gasteiger partial charge < -0.3 is 35.0 Å². The molecule has 1 aromatic rings. The van der Waals surface area contributed by atoms with E-state index in [-0.39, 0.29) is 23.7 Å². The third kappa shape index (κ3) is 14.4. The fraction of sp³-hybridized carbons (Fsp3) is 0.656. The highest BCUT2D eigenvalue weighted by molar-refractivity contribution is 6.00. The molecule has 2 unspecified atom stereocenters. The van der Waals surface area contributed by atoms with Crippen LogP contribution in [0.2, 0.25) is 0 Å². The topological polar surface area (TPSA) is 124 Å². The van der Waals surface area contributed by atoms with Crippen molar-refractivity contribution in [1.82, 2.24) is 4.90 Å². The number of methoxy groups -OCH3 is 2. The van der Waals surface area contributed by atoms with Crippen LogP contribution in [0.1, 0.15) is 73.3 Å². The van der Waals surface area contributed by atoms with Crippen LogP contribution in [0, 0.1) is 29.1 Å². The molecule has 1 aromatic carbocycles. The SMILES string of the molecule is CCN(CC)C(=O)C(C/C=C/CC(C(=N)c1ccc(OC)c(OCCCOC)c1)C(C)C)C(C)C.CCOC(N)=O. The zero-order valence-electron chi connectivity index (χ0n) is 26.8. The van der Waals surface area contributed by atoms with E-state index in [1.54, 1.807) is 21.1 Å². The molecule has 0 aliphatic rings. The Balaban J connectivity index is 0.00000239. The molecule has 0 saturated carbocycles. The molecule has 0 saturated heterocycles. The number of hydrogen-bond acceptors (Lipinski definition) is 7. The highest BCUT2D eigenvalue weighted by Gasteiger charge is 2.25. The second kappa shape index (κ2) is 21.6. The van der Waals surface area contributed by atoms with Crippen molar-refractivity contribution in [3.8, 4) is 11.5 Å². The minimum Gasteiger partial charge on any atom is -0.493 e. The van der Waals surface area contributed by atoms with Crippen LogP contribution in [-0.4, -0.2) is 69.7 Å². The maximum absolute atomic E-state index is 12.9. The molecule has 0 fully saturated rings. The molecule has 234 valence electrons. The van der Waals surface area contributed by atoms with Crippen LogP contribution in [0.4, 0.5) is 4.79 Å². The molecule has 9 nitrogen and oxygen atoms in total. The molecule has 0 aromatic heterocycles. The van der Waals surface area contributed by atoms with Crippen molar-refractivity contribution in [2.24, 2.45) is 29.4 Å². The van der Waals surface area contributed by atoms with E-state index >= 15 is 0 Å². The Kier molecular flexibility index (Phi) is 20.0. The lowest BCUT2D eigenvalue weighted by Gasteiger charge is -2.27. The van der Waals surface area contributed by atoms with E-state index in [4.69, 9.17) is 19.6 Å². The first kappa shape index (κ1) is 37.9. The number of allylic oxidation sites excluding steroid dienone is 2. The van der Waals surface area contributed by atoms with Gasteiger partial charge in [-0.2, -0.15) is 0 Å². The maximum Gasteiger partial charge on any atom is 0.404 e. The summed E-state index contributed by atoms with van der Waals surface area (Å²) < 4.78 is 20.6. The molecular formula is C32H55N3O6. The number of nitrogens with one attached hydrogen (secondary N) is 1. The van der Waals surface area contributed by atoms with E-state index in [0.717, 1.165) is 37.9 Å². The highest BCUT2D eigenvalue weighted by Crippen LogP contribution is 2.31. The van der Waals surface area contributed by atoms with Gasteiger partial charge in [0.05, 0.1) is 20.3 Å². The molecular weight excluding hydrogens is 522 g/mol. The normalized spacial score (nSPS) is 12.5. The van der Waals surface area contributed by atoms with Gasteiger partial charge in [-0.3, -0.25) is 4.79 Å². The van der Waals surface area contributed by atoms with Gasteiger partial charge >= 0.3 is 6.09 Å². The quantitative estimate of drug-likeness (QED) is 0.119. The summed E-state index contributed by atoms with van der Waals surface area (Å²) in [5.74, 6) is 2.20. The number of hydrogen-bond donors (Lipinski definition) is 2. The molecule has 0 aliphatic heterocycles. The first-order chi connectivity index (χ1) is 19.5. The standard InChI is InChI=1S/C29H48N2O4.C3H7NO2/c1-9-31(10-2)29(32)25(22(5)6)15-12-11-14-24(21(3)4)28(30)23-16-17-26(34-8)27(20-23)35-19-13-18-33-7;1-2-6-3(4)5/h11-12,16-17,20-22,24-25,30H,9-10,13-15,18-19H2,1-8H3;2H2,1H3,(H2,4,5)/b12-11+,30-28?;. The van der Waals surface area contributed by atoms with E-state index < -0.39 is 6.09 Å². The van der Waals surface area contributed by atoms with E-state index in [0.29, 0.717) is 42.9 Å². The van der Waals surface area contributed by atoms with Gasteiger partial charge in [-0.1, -0.05) is 39.8 Å². The molecule has 41 heavy (non-hydrogen) atoms. The van der Waals surface area contributed by atoms with Gasteiger partial charge in [-0.25, -0.2) is 4.79 Å². The molecule has 2 amide bonds. The maximum atomic E-state index is 12.9. The van der Waals surface area contributed by atoms with Crippen molar-refractivity contribution < 1.29 is 28.5 Å². The van der Waals surface area contributed by atoms with Crippen LogP contribution in [-0.2, 0) is 14.3 Å². The molecule has 2 atom stereocenters. The molecule has 0 bridgehead atoms. The average molecular weight is 578 g/mol. The Hall–Kier alpha value is -3.07. The summed E-state index contributed by atoms with van der Waals surface area (Å²) >= 11 is 0. The molecule has 3 N–H and O–H groups in total. The number of ether oxygens (including phenoxy) is 4. The summed E-state index contributed by atoms with van der Waals surface area (Å²) in [6.45, 7) is 17.3. The van der Waals surface area contributed by atoms with Crippen LogP contribution >= 0.6 is 0 Å². The number of primary amides is 1. The zero-order chi connectivity index (χ0) is 31.4. The Bertz CT molecular complexity index is 928. The summed E-state index contributed by atoms with van der Waals surface area (Å²) in [6.07, 6.45) is 5.85. The van der Waals surface area contributed by atoms with Gasteiger partial charge in [0.1, 0.15) is 0 Å². The van der Waals surface area contributed by atoms with Gasteiger partial charge in [0, 0.05) is 50.8 Å². The van der Waals surface area contributed by atoms with Crippen molar-refractivity contribution in [3.05, 3.63) is 35.9 Å². The minimum absolute atomic E-state index is 0.0116. The summed E-state index contributed by atoms with van der Waals surface area (Å²) in [5.41, 5.74) is 5.98. The summed E-state index contributed by atoms with van der Waals surface area (Å²) in [7, 11) is 3.30. The lowest BCUT2D eigenvalue weighted by Crippen LogP contribution is -2.37. The lowest BCUT2D eigenvalue weighted by molar-refractivity contribution is -0.136. The van der Waals surface area contributed by atoms with Crippen molar-refractivity contribution >= 4 is 17.7 Å². The number of carbonyl (C=O) groups is 2. The molecule has 0 radical (unpaired) electrons. The Morgan fingerprint density at radius 2 is 1.51 bits per heavy atom. The number of benzene rings is 1. The van der Waals surface area contributed by atoms with E-state index in [9.17, 15) is 9.59 Å². The second-order valence-corrected chi connectivity index (χ2v) is 10.4. The second-order valence-electron chi connectivity index (χ2n) is 10.4. The zero-order valence-corrected chi connectivity index (χ0v) is 26.8. The minimum atomic E-state index is -0.711. The first-order valence-corrected chi connectivity index (χ1v) is 14.7. The molecule has 0 heterocycles. The number of carbonyl (C=O) groups excluding carboxylic acids is 2. The van der Waals surface area contributed by atoms with Crippen molar-refractivity contribution in [2.45, 2.75) is 67.7 Å². The Labute approximate surface area is 248 Å². The fourth-order valence-electron chi connectivity index (χ4n) is 4.34. The number of nitrogens with zero attached hydrogens (tertiary/aromatic N) is 1. The Morgan fingerprint density at radius 1 is 0.927 bits per heavy atom. The monoisotopic (exact) mass is 577 g/mol. The van der Waals surface area contributed by atoms with Crippen molar-refractivity contribution in [3.63, 3.8) is 0 Å². The molecule has 1 rings (SSSR count). The molecule has 0 spiro atoms. The van der Waals surface area contributed by atoms with Gasteiger partial charge in [-0.05, 0) is 69.2 Å². The van der Waals surface area contributed by atoms with Crippen molar-refractivity contribution in [1.29, 1.82) is 5.41 Å². The Morgan fingerprint density at radius 3 is 1.95 bits per heavy atom. The predicted molar refractivity (Wildman–Crippen MR) is 166 cm³/mol. The van der Waals surface area contributed by atoms with Crippen LogP contribution in [0.5, 0.6) is 11.5 Å². The number of nitrogens with two attached hydrogens (primary N) is 1. The van der Waals surface area contributed by atoms with Crippen molar-refractivity contribution in [2.75, 3.05) is 47.1 Å². The summed E-state index contributed by atoms with van der Waals surface area (Å²) in [5, 5.41) is 8.94. The van der Waals surface area contributed by atoms with Gasteiger partial charge in [0.2, 0.25) is 5.91 Å². The van der Waals surface area contributed by atoms with Crippen LogP contribution in [0.15, 0.2) is 30.4 Å². The fourth-order valence-corrected chi connectivity index (χ4v) is 4.34. The van der Waals surface area contributed by atoms with Gasteiger partial charge in [-0.15, -0.1) is 0 Å². The smallest absolute Gasteiger partial charge is 0.404 e. The summed E-state index contributed by atoms with van der Waals surface area (Å²) in [4.78, 5) is 24.4. The average Bonchev–Trinajstić information content (AvgIpc) is 2.93. The van der Waals surface area contributed by atoms with Gasteiger partial charge in [0.15, 0.2) is 11.5 Å². The van der Waals surface area contributed by atoms with E-state index in [1.807, 2.05) is 36.9 Å². The predicted octanol–water partition coefficient (Wildman–Crippen LogP) is 6.33. The van der Waals surface area contributed by atoms with Crippen LogP contribution in [0.25, 0.3) is 0 Å². The summed E-state index contributed by atoms with van der Waals surface area (Å²) in [6, 6.07) is 5.71. The third-order valence-corrected chi connectivity index (χ3v) is 6.83. The van der Waals surface area contributed by atoms with Crippen LogP contribution < -0.4 is 15.2 Å². The highest BCUT2D eigenvalue weighted by atomic mass is 16.5. The lowest BCUT2D eigenvalue weighted by atomic mass is 9.84. The third-order valence-electron chi connectivity index (χ3n) is 6.83. The van der Waals surface area contributed by atoms with E-state index in [2.05, 4.69) is 50.3 Å². The number of rotatable bonds is 18. The largest absolute Gasteiger partial charge is 0.493 e. The molecule has 0 aliphatic carbocycles. The van der Waals surface area contributed by atoms with E-state index in [1.165, 1.54) is 0 Å². The van der Waals surface area contributed by atoms with Crippen LogP contribution in [0.3, 0.4) is 0 Å². The number of amides is 2. The molecule has 9 heteroatoms. The van der Waals surface area contributed by atoms with Gasteiger partial charge in [0.25, 0.3) is 0 Å².